The average Bonchev–Trinajstić information content (AvgIpc) is 3.12. The molecule has 0 spiro atoms. The highest BCUT2D eigenvalue weighted by molar-refractivity contribution is 6.12. The second kappa shape index (κ2) is 29.3. The molecule has 0 unspecified atom stereocenters. The number of aromatic nitrogens is 2. The third kappa shape index (κ3) is 18.5. The van der Waals surface area contributed by atoms with Gasteiger partial charge in [-0.3, -0.25) is 38.6 Å². The van der Waals surface area contributed by atoms with Gasteiger partial charge >= 0.3 is 12.1 Å². The number of rotatable bonds is 28. The van der Waals surface area contributed by atoms with Gasteiger partial charge in [-0.25, -0.2) is 32.1 Å². The van der Waals surface area contributed by atoms with Gasteiger partial charge in [0.25, 0.3) is 11.8 Å². The highest BCUT2D eigenvalue weighted by Crippen LogP contribution is 2.41. The van der Waals surface area contributed by atoms with Crippen LogP contribution in [-0.4, -0.2) is 140 Å². The maximum Gasteiger partial charge on any atom is 0.410 e. The van der Waals surface area contributed by atoms with E-state index in [1.54, 1.807) is 53.6 Å². The minimum absolute atomic E-state index is 0.0239. The lowest BCUT2D eigenvalue weighted by molar-refractivity contribution is -0.137. The molecule has 6 atom stereocenters. The Morgan fingerprint density at radius 3 is 2.20 bits per heavy atom. The Morgan fingerprint density at radius 1 is 0.855 bits per heavy atom. The fraction of sp³-hybridized carbons (Fsp3) is 0.475. The molecule has 0 saturated carbocycles. The summed E-state index contributed by atoms with van der Waals surface area (Å²) >= 11 is 0. The summed E-state index contributed by atoms with van der Waals surface area (Å²) in [5.41, 5.74) is 5.63. The number of carbonyl (C=O) groups is 8. The number of nitrogens with one attached hydrogen (secondary N) is 4. The van der Waals surface area contributed by atoms with Crippen LogP contribution in [0.3, 0.4) is 0 Å². The van der Waals surface area contributed by atoms with Gasteiger partial charge < -0.3 is 46.3 Å². The van der Waals surface area contributed by atoms with Crippen molar-refractivity contribution in [3.8, 4) is 11.3 Å². The Morgan fingerprint density at radius 2 is 1.55 bits per heavy atom. The number of aliphatic hydroxyl groups excluding tert-OH is 1. The summed E-state index contributed by atoms with van der Waals surface area (Å²) in [5, 5.41) is 21.1. The van der Waals surface area contributed by atoms with Crippen molar-refractivity contribution >= 4 is 53.1 Å². The number of imidazole rings is 1. The molecule has 2 aliphatic heterocycles. The Kier molecular flexibility index (Phi) is 22.7. The van der Waals surface area contributed by atoms with E-state index in [4.69, 9.17) is 15.5 Å². The Hall–Kier alpha value is -7.99. The summed E-state index contributed by atoms with van der Waals surface area (Å²) in [5.74, 6) is -5.97. The van der Waals surface area contributed by atoms with Gasteiger partial charge in [-0.05, 0) is 97.5 Å². The van der Waals surface area contributed by atoms with Crippen LogP contribution >= 0.6 is 0 Å². The van der Waals surface area contributed by atoms with E-state index in [0.29, 0.717) is 36.1 Å². The topological polar surface area (TPSA) is 268 Å². The van der Waals surface area contributed by atoms with Crippen molar-refractivity contribution in [2.75, 3.05) is 44.6 Å². The number of alkyl halides is 1. The Bertz CT molecular complexity index is 2980. The third-order valence-corrected chi connectivity index (χ3v) is 14.2. The number of ketones is 1. The van der Waals surface area contributed by atoms with Crippen molar-refractivity contribution in [3.05, 3.63) is 119 Å². The van der Waals surface area contributed by atoms with Gasteiger partial charge in [-0.1, -0.05) is 65.3 Å². The molecule has 6 rings (SSSR count). The first-order valence-electron chi connectivity index (χ1n) is 27.6. The van der Waals surface area contributed by atoms with Crippen molar-refractivity contribution in [2.45, 2.75) is 124 Å². The summed E-state index contributed by atoms with van der Waals surface area (Å²) in [6.45, 7) is 9.43. The van der Waals surface area contributed by atoms with E-state index in [0.717, 1.165) is 23.1 Å². The zero-order valence-electron chi connectivity index (χ0n) is 47.5. The molecular formula is C59H74F4N10O10. The predicted octanol–water partition coefficient (Wildman–Crippen LogP) is 6.46. The van der Waals surface area contributed by atoms with E-state index in [1.807, 2.05) is 20.8 Å². The number of Topliss-reactive ketones (excluding diaryl/α,β-unsaturated/α-hetero) is 1. The maximum atomic E-state index is 16.3. The fourth-order valence-corrected chi connectivity index (χ4v) is 9.94. The van der Waals surface area contributed by atoms with Crippen LogP contribution in [0.1, 0.15) is 103 Å². The third-order valence-electron chi connectivity index (χ3n) is 14.2. The van der Waals surface area contributed by atoms with Gasteiger partial charge in [0.1, 0.15) is 54.2 Å². The molecule has 1 aromatic heterocycles. The van der Waals surface area contributed by atoms with Gasteiger partial charge in [0.05, 0.1) is 24.8 Å². The molecule has 4 aromatic rings. The molecule has 1 fully saturated rings. The summed E-state index contributed by atoms with van der Waals surface area (Å²) in [6.07, 6.45) is 1.93. The van der Waals surface area contributed by atoms with Gasteiger partial charge in [0.15, 0.2) is 5.78 Å². The van der Waals surface area contributed by atoms with Crippen LogP contribution < -0.4 is 27.0 Å². The van der Waals surface area contributed by atoms with E-state index in [2.05, 4.69) is 21.3 Å². The number of aliphatic hydroxyl groups is 1. The summed E-state index contributed by atoms with van der Waals surface area (Å²) in [7, 11) is 0. The lowest BCUT2D eigenvalue weighted by Crippen LogP contribution is -2.54. The van der Waals surface area contributed by atoms with Crippen LogP contribution in [0.4, 0.5) is 32.8 Å². The second-order valence-electron chi connectivity index (χ2n) is 22.4. The second-order valence-corrected chi connectivity index (χ2v) is 22.4. The number of imide groups is 1. The summed E-state index contributed by atoms with van der Waals surface area (Å²) in [6, 6.07) is 11.2. The zero-order valence-corrected chi connectivity index (χ0v) is 47.5. The number of nitrogens with two attached hydrogens (primary N) is 1. The smallest absolute Gasteiger partial charge is 0.410 e. The van der Waals surface area contributed by atoms with E-state index < -0.39 is 94.8 Å². The summed E-state index contributed by atoms with van der Waals surface area (Å²) < 4.78 is 67.9. The number of hydrogen-bond acceptors (Lipinski definition) is 12. The van der Waals surface area contributed by atoms with Crippen LogP contribution in [0.25, 0.3) is 11.3 Å². The SMILES string of the molecule is CC(C)[C@H](NC(=O)CCCCCN1C(=O)C=CC1=O)C(=O)N[C@@H](CCCNC(N)=O)C(=O)Nc1ccc(COC(=O)N2C[C@@H](CN(CC(=O)[C@@H](C)O)[C@@H](c3nc(-c4cc(F)ccc4F)cn3Cc3cccc(F)c3)C(C)(C)C)[C@@H](F)C2)cc1. The number of hydrogen-bond donors (Lipinski definition) is 6. The lowest BCUT2D eigenvalue weighted by Gasteiger charge is -2.41. The molecule has 3 heterocycles. The van der Waals surface area contributed by atoms with Crippen LogP contribution in [0.2, 0.25) is 0 Å². The summed E-state index contributed by atoms with van der Waals surface area (Å²) in [4.78, 5) is 111. The fourth-order valence-electron chi connectivity index (χ4n) is 9.94. The van der Waals surface area contributed by atoms with Crippen LogP contribution in [0.5, 0.6) is 0 Å². The molecule has 0 bridgehead atoms. The van der Waals surface area contributed by atoms with Crippen molar-refractivity contribution in [2.24, 2.45) is 23.0 Å². The number of anilines is 1. The minimum atomic E-state index is -1.60. The number of carbonyl (C=O) groups excluding carboxylic acids is 8. The lowest BCUT2D eigenvalue weighted by atomic mass is 9.84. The van der Waals surface area contributed by atoms with Gasteiger partial charge in [0.2, 0.25) is 17.7 Å². The van der Waals surface area contributed by atoms with E-state index >= 15 is 8.78 Å². The first-order chi connectivity index (χ1) is 39.3. The number of nitrogens with zero attached hydrogens (tertiary/aromatic N) is 5. The van der Waals surface area contributed by atoms with E-state index in [9.17, 15) is 52.2 Å². The molecule has 0 aliphatic carbocycles. The number of amides is 8. The minimum Gasteiger partial charge on any atom is -0.445 e. The van der Waals surface area contributed by atoms with E-state index in [1.165, 1.54) is 48.4 Å². The normalized spacial score (nSPS) is 16.7. The molecule has 3 aromatic carbocycles. The Balaban J connectivity index is 1.09. The monoisotopic (exact) mass is 1160 g/mol. The molecular weight excluding hydrogens is 1080 g/mol. The Labute approximate surface area is 479 Å². The molecule has 448 valence electrons. The van der Waals surface area contributed by atoms with Gasteiger partial charge in [-0.2, -0.15) is 0 Å². The molecule has 20 nitrogen and oxygen atoms in total. The highest BCUT2D eigenvalue weighted by Gasteiger charge is 2.43. The van der Waals surface area contributed by atoms with Crippen molar-refractivity contribution < 1.29 is 65.8 Å². The molecule has 8 amide bonds. The number of likely N-dealkylation sites (tertiary alicyclic amines) is 1. The number of primary amides is 1. The number of benzene rings is 3. The largest absolute Gasteiger partial charge is 0.445 e. The van der Waals surface area contributed by atoms with Crippen molar-refractivity contribution in [1.29, 1.82) is 0 Å². The van der Waals surface area contributed by atoms with Crippen LogP contribution in [0, 0.1) is 34.7 Å². The first kappa shape index (κ1) is 64.2. The molecule has 2 aliphatic rings. The number of halogens is 4. The number of ether oxygens (including phenoxy) is 1. The zero-order chi connectivity index (χ0) is 60.7. The average molecular weight is 1160 g/mol. The van der Waals surface area contributed by atoms with Crippen LogP contribution in [0.15, 0.2) is 85.1 Å². The molecule has 83 heavy (non-hydrogen) atoms. The molecule has 7 N–H and O–H groups in total. The molecule has 0 radical (unpaired) electrons. The first-order valence-corrected chi connectivity index (χ1v) is 27.6. The quantitative estimate of drug-likeness (QED) is 0.0203. The number of unbranched alkanes of at least 4 members (excludes halogenated alkanes) is 2. The van der Waals surface area contributed by atoms with Gasteiger partial charge in [-0.15, -0.1) is 0 Å². The number of urea groups is 1. The molecule has 24 heteroatoms. The van der Waals surface area contributed by atoms with Crippen LogP contribution in [-0.2, 0) is 46.7 Å². The van der Waals surface area contributed by atoms with Crippen molar-refractivity contribution in [1.82, 2.24) is 40.2 Å². The standard InChI is InChI=1S/C59H74F4N10O10/c1-35(2)52(69-49(76)15-8-7-9-25-73-50(77)22-23-51(73)78)56(80)68-46(14-11-24-65-57(64)81)55(79)66-42-19-16-37(17-20-42)34-83-58(82)72-30-39(45(63)31-72)29-70(33-48(75)36(3)74)53(59(4,5)6)54-67-47(43-27-41(61)18-21-44(43)62)32-71(54)28-38-12-10-13-40(60)26-38/h10,12-13,16-23,26-27,32,35-36,39,45-46,52-53,74H,7-9,11,14-15,24-25,28-31,33-34H2,1-6H3,(H,66,79)(H,68,80)(H,69,76)(H3,64,65,81)/t36-,39-,45+,46+,52+,53+/m1/s1. The predicted molar refractivity (Wildman–Crippen MR) is 299 cm³/mol. The van der Waals surface area contributed by atoms with Crippen molar-refractivity contribution in [3.63, 3.8) is 0 Å². The van der Waals surface area contributed by atoms with E-state index in [-0.39, 0.29) is 106 Å². The highest BCUT2D eigenvalue weighted by atomic mass is 19.1. The maximum absolute atomic E-state index is 16.3. The molecule has 1 saturated heterocycles. The van der Waals surface area contributed by atoms with Gasteiger partial charge in [0, 0.05) is 74.7 Å².